The number of aromatic nitrogens is 2. The summed E-state index contributed by atoms with van der Waals surface area (Å²) in [7, 11) is 0. The van der Waals surface area contributed by atoms with Gasteiger partial charge in [-0.2, -0.15) is 0 Å². The Morgan fingerprint density at radius 3 is 2.69 bits per heavy atom. The van der Waals surface area contributed by atoms with Crippen molar-refractivity contribution < 1.29 is 18.7 Å². The monoisotopic (exact) mass is 465 g/mol. The number of thioether (sulfide) groups is 1. The Hall–Kier alpha value is -3.30. The molecule has 4 aromatic rings. The number of rotatable bonds is 7. The van der Waals surface area contributed by atoms with Crippen LogP contribution in [0, 0.1) is 0 Å². The summed E-state index contributed by atoms with van der Waals surface area (Å²) in [4.78, 5) is 13.8. The fourth-order valence-electron chi connectivity index (χ4n) is 3.30. The second kappa shape index (κ2) is 9.46. The molecule has 0 radical (unpaired) electrons. The van der Waals surface area contributed by atoms with Crippen LogP contribution < -0.4 is 14.8 Å². The first kappa shape index (κ1) is 20.6. The number of carbonyl (C=O) groups is 1. The van der Waals surface area contributed by atoms with E-state index in [1.54, 1.807) is 11.3 Å². The molecule has 0 fully saturated rings. The Morgan fingerprint density at radius 1 is 1.06 bits per heavy atom. The molecular formula is C23H19N3O4S2. The zero-order chi connectivity index (χ0) is 21.8. The van der Waals surface area contributed by atoms with Gasteiger partial charge in [0.15, 0.2) is 11.5 Å². The van der Waals surface area contributed by atoms with E-state index in [0.29, 0.717) is 22.6 Å². The molecule has 0 unspecified atom stereocenters. The number of nitrogens with one attached hydrogen (secondary N) is 1. The molecule has 0 aliphatic carbocycles. The third-order valence-corrected chi connectivity index (χ3v) is 6.55. The zero-order valence-electron chi connectivity index (χ0n) is 16.8. The van der Waals surface area contributed by atoms with Gasteiger partial charge in [0.25, 0.3) is 11.1 Å². The molecule has 1 amide bonds. The number of carbonyl (C=O) groups excluding carboxylic acids is 1. The van der Waals surface area contributed by atoms with E-state index >= 15 is 0 Å². The number of hydrogen-bond acceptors (Lipinski definition) is 8. The molecule has 0 spiro atoms. The number of amides is 1. The Balaban J connectivity index is 1.20. The minimum absolute atomic E-state index is 0.122. The first-order chi connectivity index (χ1) is 15.8. The Bertz CT molecular complexity index is 1180. The molecule has 1 aliphatic heterocycles. The van der Waals surface area contributed by atoms with Crippen molar-refractivity contribution in [2.24, 2.45) is 0 Å². The molecular weight excluding hydrogens is 446 g/mol. The summed E-state index contributed by atoms with van der Waals surface area (Å²) in [5.74, 6) is 1.68. The molecule has 2 atom stereocenters. The largest absolute Gasteiger partial charge is 0.485 e. The molecule has 0 saturated carbocycles. The lowest BCUT2D eigenvalue weighted by atomic mass is 10.1. The Kier molecular flexibility index (Phi) is 6.09. The molecule has 2 aromatic carbocycles. The van der Waals surface area contributed by atoms with E-state index in [0.717, 1.165) is 10.4 Å². The van der Waals surface area contributed by atoms with Crippen molar-refractivity contribution in [3.63, 3.8) is 0 Å². The van der Waals surface area contributed by atoms with Crippen LogP contribution in [0.4, 0.5) is 0 Å². The number of thiophene rings is 1. The molecule has 0 saturated heterocycles. The molecule has 0 bridgehead atoms. The van der Waals surface area contributed by atoms with E-state index in [1.165, 1.54) is 11.8 Å². The van der Waals surface area contributed by atoms with Crippen LogP contribution in [0.15, 0.2) is 81.8 Å². The number of hydrogen-bond donors (Lipinski definition) is 1. The topological polar surface area (TPSA) is 86.5 Å². The minimum atomic E-state index is -0.484. The molecule has 1 N–H and O–H groups in total. The summed E-state index contributed by atoms with van der Waals surface area (Å²) in [6.45, 7) is 0.281. The van der Waals surface area contributed by atoms with Gasteiger partial charge in [0.1, 0.15) is 6.61 Å². The smallest absolute Gasteiger partial charge is 0.277 e. The van der Waals surface area contributed by atoms with Gasteiger partial charge in [-0.1, -0.05) is 60.3 Å². The highest BCUT2D eigenvalue weighted by molar-refractivity contribution is 7.99. The molecule has 32 heavy (non-hydrogen) atoms. The van der Waals surface area contributed by atoms with Gasteiger partial charge in [0.05, 0.1) is 11.8 Å². The van der Waals surface area contributed by atoms with Crippen LogP contribution in [-0.2, 0) is 4.79 Å². The second-order valence-electron chi connectivity index (χ2n) is 6.99. The van der Waals surface area contributed by atoms with Gasteiger partial charge in [0, 0.05) is 4.88 Å². The lowest BCUT2D eigenvalue weighted by molar-refractivity contribution is -0.119. The number of fused-ring (bicyclic) bond motifs is 1. The van der Waals surface area contributed by atoms with Crippen LogP contribution in [0.25, 0.3) is 0 Å². The summed E-state index contributed by atoms with van der Waals surface area (Å²) in [6.07, 6.45) is -0.484. The van der Waals surface area contributed by atoms with E-state index in [-0.39, 0.29) is 24.3 Å². The maximum Gasteiger partial charge on any atom is 0.277 e. The van der Waals surface area contributed by atoms with Crippen LogP contribution in [0.3, 0.4) is 0 Å². The average molecular weight is 466 g/mol. The summed E-state index contributed by atoms with van der Waals surface area (Å²) < 4.78 is 17.3. The number of para-hydroxylation sites is 2. The maximum atomic E-state index is 12.7. The summed E-state index contributed by atoms with van der Waals surface area (Å²) in [5, 5.41) is 13.5. The van der Waals surface area contributed by atoms with Crippen LogP contribution in [0.5, 0.6) is 11.5 Å². The van der Waals surface area contributed by atoms with Gasteiger partial charge in [-0.15, -0.1) is 21.5 Å². The predicted octanol–water partition coefficient (Wildman–Crippen LogP) is 4.64. The van der Waals surface area contributed by atoms with E-state index < -0.39 is 6.10 Å². The van der Waals surface area contributed by atoms with Gasteiger partial charge in [-0.05, 0) is 29.1 Å². The first-order valence-corrected chi connectivity index (χ1v) is 11.8. The number of nitrogens with zero attached hydrogens (tertiary/aromatic N) is 2. The fourth-order valence-corrected chi connectivity index (χ4v) is 4.68. The highest BCUT2D eigenvalue weighted by atomic mass is 32.2. The van der Waals surface area contributed by atoms with Crippen molar-refractivity contribution in [3.8, 4) is 11.5 Å². The SMILES string of the molecule is O=C(CSc1nnc([C@@H]2COc3ccccc3O2)o1)N[C@H](c1ccccc1)c1cccs1. The normalized spacial score (nSPS) is 15.8. The van der Waals surface area contributed by atoms with Crippen LogP contribution >= 0.6 is 23.1 Å². The van der Waals surface area contributed by atoms with Crippen molar-refractivity contribution in [1.29, 1.82) is 0 Å². The molecule has 3 heterocycles. The van der Waals surface area contributed by atoms with Crippen molar-refractivity contribution in [1.82, 2.24) is 15.5 Å². The van der Waals surface area contributed by atoms with Gasteiger partial charge < -0.3 is 19.2 Å². The van der Waals surface area contributed by atoms with E-state index in [1.807, 2.05) is 72.1 Å². The lowest BCUT2D eigenvalue weighted by Crippen LogP contribution is -2.30. The molecule has 2 aromatic heterocycles. The highest BCUT2D eigenvalue weighted by Gasteiger charge is 2.27. The number of ether oxygens (including phenoxy) is 2. The van der Waals surface area contributed by atoms with Crippen molar-refractivity contribution >= 4 is 29.0 Å². The number of benzene rings is 2. The zero-order valence-corrected chi connectivity index (χ0v) is 18.5. The van der Waals surface area contributed by atoms with Crippen molar-refractivity contribution in [2.75, 3.05) is 12.4 Å². The minimum Gasteiger partial charge on any atom is -0.485 e. The van der Waals surface area contributed by atoms with Gasteiger partial charge in [-0.3, -0.25) is 4.79 Å². The maximum absolute atomic E-state index is 12.7. The quantitative estimate of drug-likeness (QED) is 0.398. The molecule has 9 heteroatoms. The third kappa shape index (κ3) is 4.63. The summed E-state index contributed by atoms with van der Waals surface area (Å²) in [5.41, 5.74) is 1.03. The summed E-state index contributed by atoms with van der Waals surface area (Å²) in [6, 6.07) is 21.1. The van der Waals surface area contributed by atoms with Crippen LogP contribution in [0.1, 0.15) is 28.5 Å². The Morgan fingerprint density at radius 2 is 1.88 bits per heavy atom. The van der Waals surface area contributed by atoms with Crippen LogP contribution in [-0.4, -0.2) is 28.5 Å². The average Bonchev–Trinajstić information content (AvgIpc) is 3.54. The first-order valence-electron chi connectivity index (χ1n) is 9.98. The van der Waals surface area contributed by atoms with Crippen molar-refractivity contribution in [3.05, 3.63) is 88.4 Å². The lowest BCUT2D eigenvalue weighted by Gasteiger charge is -2.23. The van der Waals surface area contributed by atoms with Gasteiger partial charge >= 0.3 is 0 Å². The molecule has 1 aliphatic rings. The predicted molar refractivity (Wildman–Crippen MR) is 121 cm³/mol. The third-order valence-electron chi connectivity index (χ3n) is 4.80. The van der Waals surface area contributed by atoms with E-state index in [4.69, 9.17) is 13.9 Å². The van der Waals surface area contributed by atoms with E-state index in [9.17, 15) is 4.79 Å². The summed E-state index contributed by atoms with van der Waals surface area (Å²) >= 11 is 2.80. The van der Waals surface area contributed by atoms with Crippen molar-refractivity contribution in [2.45, 2.75) is 17.4 Å². The Labute approximate surface area is 192 Å². The van der Waals surface area contributed by atoms with Crippen LogP contribution in [0.2, 0.25) is 0 Å². The van der Waals surface area contributed by atoms with Gasteiger partial charge in [0.2, 0.25) is 12.0 Å². The molecule has 7 nitrogen and oxygen atoms in total. The van der Waals surface area contributed by atoms with E-state index in [2.05, 4.69) is 15.5 Å². The second-order valence-corrected chi connectivity index (χ2v) is 8.89. The molecule has 162 valence electrons. The highest BCUT2D eigenvalue weighted by Crippen LogP contribution is 2.36. The standard InChI is InChI=1S/C23H19N3O4S2/c27-20(24-21(19-11-6-12-31-19)15-7-2-1-3-8-15)14-32-23-26-25-22(30-23)18-13-28-16-9-4-5-10-17(16)29-18/h1-12,18,21H,13-14H2,(H,24,27)/t18-,21+/m0/s1. The fraction of sp³-hybridized carbons (Fsp3) is 0.174. The molecule has 5 rings (SSSR count). The van der Waals surface area contributed by atoms with Gasteiger partial charge in [-0.25, -0.2) is 0 Å².